The number of rotatable bonds is 6. The lowest BCUT2D eigenvalue weighted by molar-refractivity contribution is 0.0163. The van der Waals surface area contributed by atoms with Gasteiger partial charge in [-0.2, -0.15) is 5.10 Å². The highest BCUT2D eigenvalue weighted by molar-refractivity contribution is 6.30. The molecule has 3 rings (SSSR count). The monoisotopic (exact) mass is 331 g/mol. The molecule has 120 valence electrons. The highest BCUT2D eigenvalue weighted by Gasteiger charge is 2.10. The van der Waals surface area contributed by atoms with Crippen LogP contribution in [0.2, 0.25) is 5.15 Å². The van der Waals surface area contributed by atoms with Gasteiger partial charge < -0.3 is 9.47 Å². The number of hydrogen-bond donors (Lipinski definition) is 0. The van der Waals surface area contributed by atoms with Gasteiger partial charge in [0.1, 0.15) is 5.15 Å². The Bertz CT molecular complexity index is 803. The lowest BCUT2D eigenvalue weighted by Crippen LogP contribution is -2.23. The Morgan fingerprint density at radius 1 is 1.13 bits per heavy atom. The van der Waals surface area contributed by atoms with Gasteiger partial charge in [-0.1, -0.05) is 23.7 Å². The van der Waals surface area contributed by atoms with Gasteiger partial charge in [-0.25, -0.2) is 4.98 Å². The molecule has 0 fully saturated rings. The minimum Gasteiger partial charge on any atom is -0.382 e. The van der Waals surface area contributed by atoms with Crippen molar-refractivity contribution in [1.82, 2.24) is 14.8 Å². The van der Waals surface area contributed by atoms with Crippen molar-refractivity contribution in [3.8, 4) is 11.1 Å². The van der Waals surface area contributed by atoms with Crippen molar-refractivity contribution in [2.45, 2.75) is 12.6 Å². The van der Waals surface area contributed by atoms with E-state index in [0.717, 1.165) is 21.9 Å². The fraction of sp³-hybridized carbons (Fsp3) is 0.294. The van der Waals surface area contributed by atoms with Crippen LogP contribution < -0.4 is 0 Å². The molecule has 0 saturated carbocycles. The van der Waals surface area contributed by atoms with Crippen molar-refractivity contribution in [3.05, 3.63) is 48.0 Å². The zero-order valence-electron chi connectivity index (χ0n) is 13.1. The summed E-state index contributed by atoms with van der Waals surface area (Å²) in [4.78, 5) is 4.10. The molecule has 0 aliphatic heterocycles. The minimum atomic E-state index is -0.0192. The van der Waals surface area contributed by atoms with Crippen molar-refractivity contribution in [3.63, 3.8) is 0 Å². The molecule has 1 atom stereocenters. The van der Waals surface area contributed by atoms with Gasteiger partial charge in [0, 0.05) is 37.6 Å². The Hall–Kier alpha value is -1.95. The van der Waals surface area contributed by atoms with E-state index in [2.05, 4.69) is 22.2 Å². The summed E-state index contributed by atoms with van der Waals surface area (Å²) in [5.41, 5.74) is 2.14. The topological polar surface area (TPSA) is 49.2 Å². The number of fused-ring (bicyclic) bond motifs is 1. The first kappa shape index (κ1) is 15.9. The third kappa shape index (κ3) is 3.69. The van der Waals surface area contributed by atoms with Crippen LogP contribution in [0, 0.1) is 0 Å². The summed E-state index contributed by atoms with van der Waals surface area (Å²) in [5.74, 6) is 0. The molecular weight excluding hydrogens is 314 g/mol. The van der Waals surface area contributed by atoms with Gasteiger partial charge in [0.05, 0.1) is 25.5 Å². The molecule has 0 radical (unpaired) electrons. The van der Waals surface area contributed by atoms with E-state index in [0.29, 0.717) is 18.3 Å². The first-order valence-corrected chi connectivity index (χ1v) is 7.67. The minimum absolute atomic E-state index is 0.0192. The predicted molar refractivity (Wildman–Crippen MR) is 90.6 cm³/mol. The maximum atomic E-state index is 5.97. The average Bonchev–Trinajstić information content (AvgIpc) is 3.02. The number of ether oxygens (including phenoxy) is 2. The molecule has 2 aromatic heterocycles. The highest BCUT2D eigenvalue weighted by Crippen LogP contribution is 2.25. The molecule has 1 unspecified atom stereocenters. The number of hydrogen-bond acceptors (Lipinski definition) is 4. The van der Waals surface area contributed by atoms with Crippen LogP contribution in [0.3, 0.4) is 0 Å². The van der Waals surface area contributed by atoms with Gasteiger partial charge >= 0.3 is 0 Å². The van der Waals surface area contributed by atoms with Crippen molar-refractivity contribution < 1.29 is 9.47 Å². The normalized spacial score (nSPS) is 12.7. The van der Waals surface area contributed by atoms with E-state index in [1.54, 1.807) is 20.4 Å². The molecular formula is C17H18ClN3O2. The molecule has 0 spiro atoms. The third-order valence-electron chi connectivity index (χ3n) is 3.73. The molecule has 0 amide bonds. The summed E-state index contributed by atoms with van der Waals surface area (Å²) in [6, 6.07) is 8.05. The summed E-state index contributed by atoms with van der Waals surface area (Å²) in [6.45, 7) is 1.18. The second kappa shape index (κ2) is 7.08. The van der Waals surface area contributed by atoms with Crippen molar-refractivity contribution in [2.24, 2.45) is 0 Å². The Balaban J connectivity index is 1.85. The van der Waals surface area contributed by atoms with Gasteiger partial charge in [-0.3, -0.25) is 4.68 Å². The standard InChI is InChI=1S/C17H18ClN3O2/c1-22-11-16(23-2)10-21-9-15(8-20-21)12-3-4-13-7-19-17(18)6-14(13)5-12/h3-9,16H,10-11H2,1-2H3. The molecule has 1 aromatic carbocycles. The molecule has 0 aliphatic rings. The summed E-state index contributed by atoms with van der Waals surface area (Å²) in [6.07, 6.45) is 5.61. The number of nitrogens with zero attached hydrogens (tertiary/aromatic N) is 3. The molecule has 6 heteroatoms. The number of halogens is 1. The molecule has 5 nitrogen and oxygen atoms in total. The smallest absolute Gasteiger partial charge is 0.129 e. The summed E-state index contributed by atoms with van der Waals surface area (Å²) in [5, 5.41) is 7.02. The first-order valence-electron chi connectivity index (χ1n) is 7.29. The third-order valence-corrected chi connectivity index (χ3v) is 3.94. The Labute approximate surface area is 139 Å². The quantitative estimate of drug-likeness (QED) is 0.649. The summed E-state index contributed by atoms with van der Waals surface area (Å²) >= 11 is 5.97. The van der Waals surface area contributed by atoms with Crippen LogP contribution in [-0.4, -0.2) is 41.7 Å². The maximum Gasteiger partial charge on any atom is 0.129 e. The fourth-order valence-corrected chi connectivity index (χ4v) is 2.66. The lowest BCUT2D eigenvalue weighted by Gasteiger charge is -2.13. The maximum absolute atomic E-state index is 5.97. The van der Waals surface area contributed by atoms with Gasteiger partial charge in [0.15, 0.2) is 0 Å². The lowest BCUT2D eigenvalue weighted by atomic mass is 10.1. The predicted octanol–water partition coefficient (Wildman–Crippen LogP) is 3.41. The van der Waals surface area contributed by atoms with Crippen molar-refractivity contribution in [1.29, 1.82) is 0 Å². The zero-order valence-corrected chi connectivity index (χ0v) is 13.8. The van der Waals surface area contributed by atoms with Crippen LogP contribution in [0.15, 0.2) is 42.9 Å². The zero-order chi connectivity index (χ0) is 16.2. The van der Waals surface area contributed by atoms with Crippen molar-refractivity contribution >= 4 is 22.4 Å². The highest BCUT2D eigenvalue weighted by atomic mass is 35.5. The van der Waals surface area contributed by atoms with Crippen LogP contribution in [-0.2, 0) is 16.0 Å². The van der Waals surface area contributed by atoms with E-state index >= 15 is 0 Å². The average molecular weight is 332 g/mol. The Morgan fingerprint density at radius 3 is 2.78 bits per heavy atom. The number of methoxy groups -OCH3 is 2. The van der Waals surface area contributed by atoms with E-state index in [1.165, 1.54) is 0 Å². The Morgan fingerprint density at radius 2 is 2.00 bits per heavy atom. The van der Waals surface area contributed by atoms with E-state index in [4.69, 9.17) is 21.1 Å². The SMILES string of the molecule is COCC(Cn1cc(-c2ccc3cnc(Cl)cc3c2)cn1)OC. The van der Waals surface area contributed by atoms with Gasteiger partial charge in [0.25, 0.3) is 0 Å². The molecule has 23 heavy (non-hydrogen) atoms. The molecule has 2 heterocycles. The van der Waals surface area contributed by atoms with Crippen LogP contribution in [0.1, 0.15) is 0 Å². The molecule has 3 aromatic rings. The molecule has 0 aliphatic carbocycles. The van der Waals surface area contributed by atoms with Gasteiger partial charge in [-0.15, -0.1) is 0 Å². The largest absolute Gasteiger partial charge is 0.382 e. The van der Waals surface area contributed by atoms with Gasteiger partial charge in [-0.05, 0) is 23.1 Å². The van der Waals surface area contributed by atoms with Crippen LogP contribution >= 0.6 is 11.6 Å². The van der Waals surface area contributed by atoms with E-state index < -0.39 is 0 Å². The van der Waals surface area contributed by atoms with Crippen LogP contribution in [0.4, 0.5) is 0 Å². The number of benzene rings is 1. The van der Waals surface area contributed by atoms with Crippen LogP contribution in [0.25, 0.3) is 21.9 Å². The van der Waals surface area contributed by atoms with E-state index in [1.807, 2.05) is 29.2 Å². The summed E-state index contributed by atoms with van der Waals surface area (Å²) in [7, 11) is 3.34. The number of aromatic nitrogens is 3. The van der Waals surface area contributed by atoms with E-state index in [-0.39, 0.29) is 6.10 Å². The van der Waals surface area contributed by atoms with Gasteiger partial charge in [0.2, 0.25) is 0 Å². The first-order chi connectivity index (χ1) is 11.2. The van der Waals surface area contributed by atoms with E-state index in [9.17, 15) is 0 Å². The van der Waals surface area contributed by atoms with Crippen molar-refractivity contribution in [2.75, 3.05) is 20.8 Å². The second-order valence-electron chi connectivity index (χ2n) is 5.33. The second-order valence-corrected chi connectivity index (χ2v) is 5.72. The Kier molecular flexibility index (Phi) is 4.91. The molecule has 0 N–H and O–H groups in total. The molecule has 0 bridgehead atoms. The van der Waals surface area contributed by atoms with Crippen LogP contribution in [0.5, 0.6) is 0 Å². The number of pyridine rings is 1. The summed E-state index contributed by atoms with van der Waals surface area (Å²) < 4.78 is 12.4. The molecule has 0 saturated heterocycles. The fourth-order valence-electron chi connectivity index (χ4n) is 2.50.